The Hall–Kier alpha value is -1.35. The van der Waals surface area contributed by atoms with Gasteiger partial charge in [0.1, 0.15) is 5.65 Å². The van der Waals surface area contributed by atoms with Crippen LogP contribution in [0, 0.1) is 5.92 Å². The number of halogens is 1. The first-order valence-corrected chi connectivity index (χ1v) is 7.68. The van der Waals surface area contributed by atoms with E-state index in [1.165, 1.54) is 0 Å². The maximum atomic E-state index is 5.43. The predicted molar refractivity (Wildman–Crippen MR) is 102 cm³/mol. The molecule has 1 unspecified atom stereocenters. The minimum absolute atomic E-state index is 0. The quantitative estimate of drug-likeness (QED) is 0.459. The first-order valence-electron chi connectivity index (χ1n) is 7.68. The van der Waals surface area contributed by atoms with Gasteiger partial charge in [-0.2, -0.15) is 0 Å². The topological polar surface area (TPSA) is 54.2 Å². The number of pyridine rings is 1. The zero-order valence-corrected chi connectivity index (χ0v) is 15.9. The van der Waals surface area contributed by atoms with Gasteiger partial charge in [-0.25, -0.2) is 4.98 Å². The summed E-state index contributed by atoms with van der Waals surface area (Å²) in [5, 5.41) is 3.38. The van der Waals surface area contributed by atoms with E-state index in [1.54, 1.807) is 0 Å². The van der Waals surface area contributed by atoms with Crippen LogP contribution in [0.1, 0.15) is 12.1 Å². The second kappa shape index (κ2) is 8.49. The fourth-order valence-electron chi connectivity index (χ4n) is 2.83. The van der Waals surface area contributed by atoms with Crippen LogP contribution in [0.3, 0.4) is 0 Å². The van der Waals surface area contributed by atoms with Crippen molar-refractivity contribution in [2.75, 3.05) is 33.9 Å². The van der Waals surface area contributed by atoms with Gasteiger partial charge >= 0.3 is 0 Å². The minimum atomic E-state index is 0. The van der Waals surface area contributed by atoms with Gasteiger partial charge in [-0.05, 0) is 18.6 Å². The average Bonchev–Trinajstić information content (AvgIpc) is 3.16. The maximum absolute atomic E-state index is 5.43. The number of hydrogen-bond acceptors (Lipinski definition) is 3. The van der Waals surface area contributed by atoms with Crippen molar-refractivity contribution in [1.29, 1.82) is 0 Å². The van der Waals surface area contributed by atoms with E-state index in [2.05, 4.69) is 27.2 Å². The van der Waals surface area contributed by atoms with Crippen LogP contribution in [0.2, 0.25) is 0 Å². The third-order valence-electron chi connectivity index (χ3n) is 3.97. The van der Waals surface area contributed by atoms with Crippen LogP contribution in [-0.4, -0.2) is 54.1 Å². The van der Waals surface area contributed by atoms with E-state index in [-0.39, 0.29) is 24.0 Å². The van der Waals surface area contributed by atoms with Gasteiger partial charge in [0.05, 0.1) is 18.8 Å². The Morgan fingerprint density at radius 3 is 3.09 bits per heavy atom. The number of fused-ring (bicyclic) bond motifs is 1. The number of rotatable bonds is 4. The number of ether oxygens (including phenoxy) is 1. The van der Waals surface area contributed by atoms with Crippen LogP contribution in [0.15, 0.2) is 35.6 Å². The molecule has 126 valence electrons. The summed E-state index contributed by atoms with van der Waals surface area (Å²) in [6, 6.07) is 6.00. The summed E-state index contributed by atoms with van der Waals surface area (Å²) >= 11 is 0. The molecule has 1 aliphatic rings. The molecule has 1 aliphatic heterocycles. The first kappa shape index (κ1) is 18.0. The molecular formula is C16H24IN5O. The third kappa shape index (κ3) is 4.57. The summed E-state index contributed by atoms with van der Waals surface area (Å²) < 4.78 is 7.46. The van der Waals surface area contributed by atoms with Crippen molar-refractivity contribution in [1.82, 2.24) is 19.6 Å². The normalized spacial score (nSPS) is 18.0. The fourth-order valence-corrected chi connectivity index (χ4v) is 2.83. The molecule has 0 aromatic carbocycles. The summed E-state index contributed by atoms with van der Waals surface area (Å²) in [6.45, 7) is 3.37. The highest BCUT2D eigenvalue weighted by atomic mass is 127. The van der Waals surface area contributed by atoms with Gasteiger partial charge in [0.15, 0.2) is 5.96 Å². The molecule has 7 heteroatoms. The van der Waals surface area contributed by atoms with Crippen LogP contribution in [0.25, 0.3) is 5.65 Å². The summed E-state index contributed by atoms with van der Waals surface area (Å²) in [7, 11) is 3.88. The molecule has 1 N–H and O–H groups in total. The van der Waals surface area contributed by atoms with Crippen molar-refractivity contribution in [3.63, 3.8) is 0 Å². The monoisotopic (exact) mass is 429 g/mol. The molecule has 23 heavy (non-hydrogen) atoms. The molecule has 2 aromatic heterocycles. The van der Waals surface area contributed by atoms with Gasteiger partial charge in [-0.15, -0.1) is 24.0 Å². The number of nitrogens with one attached hydrogen (secondary N) is 1. The van der Waals surface area contributed by atoms with E-state index in [0.717, 1.165) is 43.5 Å². The number of guanidine groups is 1. The van der Waals surface area contributed by atoms with Crippen LogP contribution >= 0.6 is 24.0 Å². The Morgan fingerprint density at radius 2 is 2.39 bits per heavy atom. The molecule has 3 rings (SSSR count). The third-order valence-corrected chi connectivity index (χ3v) is 3.97. The zero-order chi connectivity index (χ0) is 15.4. The molecular weight excluding hydrogens is 405 g/mol. The lowest BCUT2D eigenvalue weighted by Crippen LogP contribution is -2.41. The van der Waals surface area contributed by atoms with Crippen LogP contribution in [0.4, 0.5) is 0 Å². The molecule has 6 nitrogen and oxygen atoms in total. The van der Waals surface area contributed by atoms with E-state index in [0.29, 0.717) is 12.5 Å². The predicted octanol–water partition coefficient (Wildman–Crippen LogP) is 2.00. The second-order valence-electron chi connectivity index (χ2n) is 5.71. The van der Waals surface area contributed by atoms with Gasteiger partial charge in [-0.1, -0.05) is 6.07 Å². The lowest BCUT2D eigenvalue weighted by atomic mass is 10.1. The van der Waals surface area contributed by atoms with Crippen molar-refractivity contribution in [2.45, 2.75) is 13.0 Å². The van der Waals surface area contributed by atoms with Crippen LogP contribution in [-0.2, 0) is 11.3 Å². The Labute approximate surface area is 154 Å². The SMILES string of the molecule is CN=C(NCc1cn2ccccc2n1)N(C)CC1CCOC1.I. The number of imidazole rings is 1. The number of hydrogen-bond donors (Lipinski definition) is 1. The lowest BCUT2D eigenvalue weighted by Gasteiger charge is -2.24. The summed E-state index contributed by atoms with van der Waals surface area (Å²) in [6.07, 6.45) is 5.18. The van der Waals surface area contributed by atoms with Crippen molar-refractivity contribution < 1.29 is 4.74 Å². The van der Waals surface area contributed by atoms with Crippen molar-refractivity contribution >= 4 is 35.6 Å². The Balaban J connectivity index is 0.00000192. The summed E-state index contributed by atoms with van der Waals surface area (Å²) in [4.78, 5) is 11.1. The largest absolute Gasteiger partial charge is 0.381 e. The van der Waals surface area contributed by atoms with Gasteiger partial charge in [0.25, 0.3) is 0 Å². The molecule has 0 amide bonds. The van der Waals surface area contributed by atoms with Crippen molar-refractivity contribution in [2.24, 2.45) is 10.9 Å². The van der Waals surface area contributed by atoms with E-state index in [4.69, 9.17) is 4.74 Å². The van der Waals surface area contributed by atoms with Crippen molar-refractivity contribution in [3.8, 4) is 0 Å². The molecule has 0 spiro atoms. The Bertz CT molecular complexity index is 618. The molecule has 0 bridgehead atoms. The lowest BCUT2D eigenvalue weighted by molar-refractivity contribution is 0.181. The number of nitrogens with zero attached hydrogens (tertiary/aromatic N) is 4. The fraction of sp³-hybridized carbons (Fsp3) is 0.500. The molecule has 1 saturated heterocycles. The maximum Gasteiger partial charge on any atom is 0.193 e. The summed E-state index contributed by atoms with van der Waals surface area (Å²) in [5.41, 5.74) is 1.97. The molecule has 1 atom stereocenters. The van der Waals surface area contributed by atoms with E-state index in [1.807, 2.05) is 42.0 Å². The van der Waals surface area contributed by atoms with Gasteiger partial charge in [0.2, 0.25) is 0 Å². The highest BCUT2D eigenvalue weighted by Crippen LogP contribution is 2.13. The second-order valence-corrected chi connectivity index (χ2v) is 5.71. The number of aliphatic imine (C=N–C) groups is 1. The molecule has 0 aliphatic carbocycles. The highest BCUT2D eigenvalue weighted by Gasteiger charge is 2.19. The molecule has 3 heterocycles. The molecule has 0 saturated carbocycles. The van der Waals surface area contributed by atoms with E-state index in [9.17, 15) is 0 Å². The Kier molecular flexibility index (Phi) is 6.64. The molecule has 0 radical (unpaired) electrons. The first-order chi connectivity index (χ1) is 10.8. The summed E-state index contributed by atoms with van der Waals surface area (Å²) in [5.74, 6) is 1.49. The van der Waals surface area contributed by atoms with Gasteiger partial charge in [-0.3, -0.25) is 4.99 Å². The Morgan fingerprint density at radius 1 is 1.52 bits per heavy atom. The zero-order valence-electron chi connectivity index (χ0n) is 13.6. The van der Waals surface area contributed by atoms with Crippen LogP contribution < -0.4 is 5.32 Å². The van der Waals surface area contributed by atoms with E-state index < -0.39 is 0 Å². The molecule has 1 fully saturated rings. The van der Waals surface area contributed by atoms with Crippen molar-refractivity contribution in [3.05, 3.63) is 36.3 Å². The van der Waals surface area contributed by atoms with Crippen LogP contribution in [0.5, 0.6) is 0 Å². The number of aromatic nitrogens is 2. The standard InChI is InChI=1S/C16H23N5O.HI/c1-17-16(20(2)10-13-6-8-22-12-13)18-9-14-11-21-7-4-3-5-15(21)19-14;/h3-5,7,11,13H,6,8-10,12H2,1-2H3,(H,17,18);1H. The van der Waals surface area contributed by atoms with Gasteiger partial charge < -0.3 is 19.4 Å². The minimum Gasteiger partial charge on any atom is -0.381 e. The molecule has 2 aromatic rings. The highest BCUT2D eigenvalue weighted by molar-refractivity contribution is 14.0. The average molecular weight is 429 g/mol. The smallest absolute Gasteiger partial charge is 0.193 e. The van der Waals surface area contributed by atoms with Gasteiger partial charge in [0, 0.05) is 45.6 Å². The van der Waals surface area contributed by atoms with E-state index >= 15 is 0 Å².